The molecule has 0 fully saturated rings. The Labute approximate surface area is 123 Å². The SMILES string of the molecule is Cc1ccsc1C(O)NCC1CC=CCCC1C(=O)O. The number of nitrogens with one attached hydrogen (secondary N) is 1. The van der Waals surface area contributed by atoms with E-state index in [9.17, 15) is 15.0 Å². The van der Waals surface area contributed by atoms with Gasteiger partial charge < -0.3 is 10.2 Å². The normalized spacial score (nSPS) is 24.3. The maximum absolute atomic E-state index is 11.3. The van der Waals surface area contributed by atoms with Crippen molar-refractivity contribution in [3.63, 3.8) is 0 Å². The number of aliphatic hydroxyl groups is 1. The Bertz CT molecular complexity index is 483. The van der Waals surface area contributed by atoms with Crippen molar-refractivity contribution in [2.45, 2.75) is 32.4 Å². The minimum Gasteiger partial charge on any atom is -0.481 e. The Hall–Kier alpha value is -1.17. The molecule has 1 heterocycles. The van der Waals surface area contributed by atoms with E-state index >= 15 is 0 Å². The highest BCUT2D eigenvalue weighted by Crippen LogP contribution is 2.27. The molecule has 1 aromatic rings. The number of hydrogen-bond donors (Lipinski definition) is 3. The number of aliphatic hydroxyl groups excluding tert-OH is 1. The molecule has 3 atom stereocenters. The third-order valence-corrected chi connectivity index (χ3v) is 4.93. The van der Waals surface area contributed by atoms with Crippen molar-refractivity contribution in [2.24, 2.45) is 11.8 Å². The topological polar surface area (TPSA) is 69.6 Å². The quantitative estimate of drug-likeness (QED) is 0.577. The first-order chi connectivity index (χ1) is 9.59. The van der Waals surface area contributed by atoms with Crippen LogP contribution in [0.15, 0.2) is 23.6 Å². The van der Waals surface area contributed by atoms with Gasteiger partial charge in [-0.3, -0.25) is 10.1 Å². The lowest BCUT2D eigenvalue weighted by Crippen LogP contribution is -2.33. The van der Waals surface area contributed by atoms with E-state index in [0.29, 0.717) is 13.0 Å². The van der Waals surface area contributed by atoms with Crippen LogP contribution in [0.1, 0.15) is 35.9 Å². The van der Waals surface area contributed by atoms with Crippen LogP contribution in [0.4, 0.5) is 0 Å². The summed E-state index contributed by atoms with van der Waals surface area (Å²) in [6, 6.07) is 1.97. The van der Waals surface area contributed by atoms with Crippen LogP contribution in [-0.4, -0.2) is 22.7 Å². The Morgan fingerprint density at radius 1 is 1.55 bits per heavy atom. The van der Waals surface area contributed by atoms with E-state index in [0.717, 1.165) is 23.3 Å². The van der Waals surface area contributed by atoms with Crippen molar-refractivity contribution in [3.05, 3.63) is 34.0 Å². The van der Waals surface area contributed by atoms with Crippen molar-refractivity contribution >= 4 is 17.3 Å². The van der Waals surface area contributed by atoms with E-state index in [-0.39, 0.29) is 11.8 Å². The van der Waals surface area contributed by atoms with Gasteiger partial charge in [0.2, 0.25) is 0 Å². The van der Waals surface area contributed by atoms with E-state index in [1.165, 1.54) is 11.3 Å². The molecule has 110 valence electrons. The molecule has 1 aliphatic carbocycles. The van der Waals surface area contributed by atoms with Gasteiger partial charge >= 0.3 is 5.97 Å². The highest BCUT2D eigenvalue weighted by molar-refractivity contribution is 7.10. The summed E-state index contributed by atoms with van der Waals surface area (Å²) in [5, 5.41) is 24.5. The van der Waals surface area contributed by atoms with Gasteiger partial charge in [0.25, 0.3) is 0 Å². The Kier molecular flexibility index (Phi) is 5.34. The zero-order valence-corrected chi connectivity index (χ0v) is 12.4. The molecule has 0 aromatic carbocycles. The van der Waals surface area contributed by atoms with Crippen LogP contribution in [0.5, 0.6) is 0 Å². The monoisotopic (exact) mass is 295 g/mol. The average molecular weight is 295 g/mol. The maximum Gasteiger partial charge on any atom is 0.306 e. The summed E-state index contributed by atoms with van der Waals surface area (Å²) in [5.74, 6) is -1.04. The number of carboxylic acid groups (broad SMARTS) is 1. The Morgan fingerprint density at radius 3 is 3.00 bits per heavy atom. The van der Waals surface area contributed by atoms with Crippen molar-refractivity contribution < 1.29 is 15.0 Å². The molecule has 1 aromatic heterocycles. The van der Waals surface area contributed by atoms with Crippen molar-refractivity contribution in [2.75, 3.05) is 6.54 Å². The van der Waals surface area contributed by atoms with Crippen LogP contribution >= 0.6 is 11.3 Å². The molecule has 0 spiro atoms. The van der Waals surface area contributed by atoms with Crippen LogP contribution < -0.4 is 5.32 Å². The number of aryl methyl sites for hydroxylation is 1. The fourth-order valence-electron chi connectivity index (χ4n) is 2.64. The predicted octanol–water partition coefficient (Wildman–Crippen LogP) is 2.69. The zero-order chi connectivity index (χ0) is 14.5. The summed E-state index contributed by atoms with van der Waals surface area (Å²) in [5.41, 5.74) is 1.06. The molecule has 20 heavy (non-hydrogen) atoms. The van der Waals surface area contributed by atoms with Gasteiger partial charge in [0.05, 0.1) is 10.8 Å². The molecule has 4 nitrogen and oxygen atoms in total. The summed E-state index contributed by atoms with van der Waals surface area (Å²) in [6.07, 6.45) is 5.64. The van der Waals surface area contributed by atoms with E-state index in [4.69, 9.17) is 0 Å². The molecular formula is C15H21NO3S. The number of carboxylic acids is 1. The fraction of sp³-hybridized carbons (Fsp3) is 0.533. The van der Waals surface area contributed by atoms with Crippen LogP contribution in [0, 0.1) is 18.8 Å². The standard InChI is InChI=1S/C15H21NO3S/c1-10-7-8-20-13(10)14(17)16-9-11-5-3-2-4-6-12(11)15(18)19/h2-3,7-8,11-12,14,16-17H,4-6,9H2,1H3,(H,18,19). The van der Waals surface area contributed by atoms with Gasteiger partial charge in [-0.25, -0.2) is 0 Å². The summed E-state index contributed by atoms with van der Waals surface area (Å²) < 4.78 is 0. The number of carbonyl (C=O) groups is 1. The number of aliphatic carboxylic acids is 1. The number of allylic oxidation sites excluding steroid dienone is 2. The molecule has 5 heteroatoms. The van der Waals surface area contributed by atoms with Crippen molar-refractivity contribution in [3.8, 4) is 0 Å². The first-order valence-electron chi connectivity index (χ1n) is 6.93. The fourth-order valence-corrected chi connectivity index (χ4v) is 3.52. The summed E-state index contributed by atoms with van der Waals surface area (Å²) >= 11 is 1.51. The molecule has 0 bridgehead atoms. The minimum absolute atomic E-state index is 0.0289. The first kappa shape index (κ1) is 15.2. The van der Waals surface area contributed by atoms with E-state index in [2.05, 4.69) is 17.5 Å². The maximum atomic E-state index is 11.3. The highest BCUT2D eigenvalue weighted by Gasteiger charge is 2.28. The lowest BCUT2D eigenvalue weighted by Gasteiger charge is -2.23. The van der Waals surface area contributed by atoms with Gasteiger partial charge in [-0.05, 0) is 49.1 Å². The first-order valence-corrected chi connectivity index (χ1v) is 7.80. The predicted molar refractivity (Wildman–Crippen MR) is 79.6 cm³/mol. The lowest BCUT2D eigenvalue weighted by molar-refractivity contribution is -0.143. The van der Waals surface area contributed by atoms with E-state index in [1.807, 2.05) is 18.4 Å². The van der Waals surface area contributed by atoms with Gasteiger partial charge in [0.1, 0.15) is 6.23 Å². The van der Waals surface area contributed by atoms with Gasteiger partial charge in [0, 0.05) is 6.54 Å². The van der Waals surface area contributed by atoms with Crippen LogP contribution in [-0.2, 0) is 4.79 Å². The molecule has 0 radical (unpaired) electrons. The number of thiophene rings is 1. The van der Waals surface area contributed by atoms with Crippen molar-refractivity contribution in [1.82, 2.24) is 5.32 Å². The van der Waals surface area contributed by atoms with Gasteiger partial charge in [-0.1, -0.05) is 12.2 Å². The summed E-state index contributed by atoms with van der Waals surface area (Å²) in [4.78, 5) is 12.2. The van der Waals surface area contributed by atoms with E-state index < -0.39 is 12.2 Å². The smallest absolute Gasteiger partial charge is 0.306 e. The van der Waals surface area contributed by atoms with Gasteiger partial charge in [0.15, 0.2) is 0 Å². The summed E-state index contributed by atoms with van der Waals surface area (Å²) in [7, 11) is 0. The van der Waals surface area contributed by atoms with Gasteiger partial charge in [-0.2, -0.15) is 0 Å². The largest absolute Gasteiger partial charge is 0.481 e. The molecule has 0 amide bonds. The Balaban J connectivity index is 1.95. The summed E-state index contributed by atoms with van der Waals surface area (Å²) in [6.45, 7) is 2.48. The lowest BCUT2D eigenvalue weighted by atomic mass is 9.87. The average Bonchev–Trinajstić information content (AvgIpc) is 2.71. The molecule has 0 aliphatic heterocycles. The zero-order valence-electron chi connectivity index (χ0n) is 11.6. The third kappa shape index (κ3) is 3.69. The highest BCUT2D eigenvalue weighted by atomic mass is 32.1. The molecule has 1 aliphatic rings. The molecule has 0 saturated carbocycles. The third-order valence-electron chi connectivity index (χ3n) is 3.86. The molecule has 3 unspecified atom stereocenters. The second kappa shape index (κ2) is 7.02. The van der Waals surface area contributed by atoms with E-state index in [1.54, 1.807) is 0 Å². The van der Waals surface area contributed by atoms with Gasteiger partial charge in [-0.15, -0.1) is 11.3 Å². The Morgan fingerprint density at radius 2 is 2.35 bits per heavy atom. The van der Waals surface area contributed by atoms with Crippen molar-refractivity contribution in [1.29, 1.82) is 0 Å². The number of rotatable bonds is 5. The molecule has 3 N–H and O–H groups in total. The minimum atomic E-state index is -0.734. The molecule has 0 saturated heterocycles. The van der Waals surface area contributed by atoms with Crippen LogP contribution in [0.25, 0.3) is 0 Å². The van der Waals surface area contributed by atoms with Crippen LogP contribution in [0.3, 0.4) is 0 Å². The number of hydrogen-bond acceptors (Lipinski definition) is 4. The second-order valence-corrected chi connectivity index (χ2v) is 6.22. The second-order valence-electron chi connectivity index (χ2n) is 5.27. The molecule has 2 rings (SSSR count). The van der Waals surface area contributed by atoms with Crippen LogP contribution in [0.2, 0.25) is 0 Å². The molecular weight excluding hydrogens is 274 g/mol.